The van der Waals surface area contributed by atoms with Crippen LogP contribution in [0.5, 0.6) is 0 Å². The van der Waals surface area contributed by atoms with E-state index in [2.05, 4.69) is 19.2 Å². The highest BCUT2D eigenvalue weighted by atomic mass is 16.6. The molecule has 0 radical (unpaired) electrons. The second-order valence-electron chi connectivity index (χ2n) is 5.87. The number of carboxylic acids is 1. The lowest BCUT2D eigenvalue weighted by Crippen LogP contribution is -2.30. The summed E-state index contributed by atoms with van der Waals surface area (Å²) < 4.78 is 0. The van der Waals surface area contributed by atoms with Crippen LogP contribution in [0.2, 0.25) is 0 Å². The molecule has 1 aliphatic carbocycles. The zero-order valence-electron chi connectivity index (χ0n) is 12.2. The van der Waals surface area contributed by atoms with Crippen LogP contribution in [0.4, 0.5) is 11.4 Å². The maximum Gasteiger partial charge on any atom is 0.342 e. The lowest BCUT2D eigenvalue weighted by atomic mass is 9.79. The zero-order valence-corrected chi connectivity index (χ0v) is 12.2. The van der Waals surface area contributed by atoms with Gasteiger partial charge in [0.15, 0.2) is 0 Å². The molecule has 1 aliphatic rings. The molecule has 0 bridgehead atoms. The molecule has 21 heavy (non-hydrogen) atoms. The van der Waals surface area contributed by atoms with Gasteiger partial charge in [-0.05, 0) is 43.2 Å². The van der Waals surface area contributed by atoms with Crippen LogP contribution < -0.4 is 5.32 Å². The highest BCUT2D eigenvalue weighted by molar-refractivity contribution is 5.95. The van der Waals surface area contributed by atoms with E-state index in [1.54, 1.807) is 6.07 Å². The summed E-state index contributed by atoms with van der Waals surface area (Å²) in [5.41, 5.74) is -0.329. The van der Waals surface area contributed by atoms with E-state index in [4.69, 9.17) is 5.11 Å². The number of para-hydroxylation sites is 1. The molecule has 0 aromatic heterocycles. The normalized spacial score (nSPS) is 25.3. The summed E-state index contributed by atoms with van der Waals surface area (Å²) in [5.74, 6) is -0.0719. The number of nitro benzene ring substituents is 1. The Balaban J connectivity index is 2.26. The van der Waals surface area contributed by atoms with Crippen molar-refractivity contribution in [3.63, 3.8) is 0 Å². The van der Waals surface area contributed by atoms with Gasteiger partial charge in [-0.3, -0.25) is 10.1 Å². The molecular formula is C15H20N2O4. The fourth-order valence-electron chi connectivity index (χ4n) is 2.93. The van der Waals surface area contributed by atoms with Crippen LogP contribution in [-0.2, 0) is 0 Å². The molecule has 1 fully saturated rings. The number of hydrogen-bond acceptors (Lipinski definition) is 4. The molecule has 1 aromatic carbocycles. The van der Waals surface area contributed by atoms with Crippen molar-refractivity contribution < 1.29 is 14.8 Å². The minimum absolute atomic E-state index is 0.152. The predicted molar refractivity (Wildman–Crippen MR) is 79.6 cm³/mol. The summed E-state index contributed by atoms with van der Waals surface area (Å²) in [5, 5.41) is 23.5. The van der Waals surface area contributed by atoms with Gasteiger partial charge in [0, 0.05) is 6.04 Å². The molecule has 2 rings (SSSR count). The van der Waals surface area contributed by atoms with Crippen molar-refractivity contribution in [1.82, 2.24) is 0 Å². The van der Waals surface area contributed by atoms with Crippen LogP contribution in [0.1, 0.15) is 43.5 Å². The van der Waals surface area contributed by atoms with E-state index in [0.717, 1.165) is 19.3 Å². The fourth-order valence-corrected chi connectivity index (χ4v) is 2.93. The number of nitro groups is 1. The monoisotopic (exact) mass is 292 g/mol. The first-order valence-electron chi connectivity index (χ1n) is 7.17. The molecule has 114 valence electrons. The summed E-state index contributed by atoms with van der Waals surface area (Å²) in [6, 6.07) is 4.52. The maximum absolute atomic E-state index is 11.2. The van der Waals surface area contributed by atoms with Gasteiger partial charge in [-0.25, -0.2) is 4.79 Å². The molecular weight excluding hydrogens is 272 g/mol. The van der Waals surface area contributed by atoms with Crippen molar-refractivity contribution in [3.05, 3.63) is 33.9 Å². The van der Waals surface area contributed by atoms with Gasteiger partial charge in [0.25, 0.3) is 0 Å². The highest BCUT2D eigenvalue weighted by Crippen LogP contribution is 2.34. The van der Waals surface area contributed by atoms with Gasteiger partial charge in [-0.15, -0.1) is 0 Å². The van der Waals surface area contributed by atoms with Gasteiger partial charge in [-0.2, -0.15) is 0 Å². The Morgan fingerprint density at radius 1 is 1.33 bits per heavy atom. The molecule has 1 saturated carbocycles. The average Bonchev–Trinajstić information content (AvgIpc) is 2.42. The first-order valence-corrected chi connectivity index (χ1v) is 7.17. The van der Waals surface area contributed by atoms with Gasteiger partial charge >= 0.3 is 11.7 Å². The smallest absolute Gasteiger partial charge is 0.342 e. The van der Waals surface area contributed by atoms with E-state index < -0.39 is 10.9 Å². The molecule has 0 aliphatic heterocycles. The summed E-state index contributed by atoms with van der Waals surface area (Å²) >= 11 is 0. The largest absolute Gasteiger partial charge is 0.477 e. The van der Waals surface area contributed by atoms with E-state index in [0.29, 0.717) is 17.5 Å². The Morgan fingerprint density at radius 2 is 2.05 bits per heavy atom. The number of benzene rings is 1. The molecule has 0 spiro atoms. The van der Waals surface area contributed by atoms with E-state index >= 15 is 0 Å². The molecule has 6 heteroatoms. The van der Waals surface area contributed by atoms with Gasteiger partial charge < -0.3 is 10.4 Å². The second kappa shape index (κ2) is 6.11. The third-order valence-corrected chi connectivity index (χ3v) is 4.41. The number of aromatic carboxylic acids is 1. The van der Waals surface area contributed by atoms with Crippen molar-refractivity contribution in [2.24, 2.45) is 11.8 Å². The zero-order chi connectivity index (χ0) is 15.6. The molecule has 1 aromatic rings. The van der Waals surface area contributed by atoms with E-state index in [1.165, 1.54) is 12.1 Å². The summed E-state index contributed by atoms with van der Waals surface area (Å²) in [6.07, 6.45) is 2.96. The lowest BCUT2D eigenvalue weighted by Gasteiger charge is -2.33. The number of carboxylic acid groups (broad SMARTS) is 1. The van der Waals surface area contributed by atoms with Gasteiger partial charge in [0.2, 0.25) is 0 Å². The van der Waals surface area contributed by atoms with Gasteiger partial charge in [0.1, 0.15) is 11.3 Å². The molecule has 3 atom stereocenters. The van der Waals surface area contributed by atoms with Crippen molar-refractivity contribution in [1.29, 1.82) is 0 Å². The summed E-state index contributed by atoms with van der Waals surface area (Å²) in [4.78, 5) is 21.7. The Morgan fingerprint density at radius 3 is 2.62 bits per heavy atom. The van der Waals surface area contributed by atoms with Crippen molar-refractivity contribution >= 4 is 17.3 Å². The third-order valence-electron chi connectivity index (χ3n) is 4.41. The fraction of sp³-hybridized carbons (Fsp3) is 0.533. The van der Waals surface area contributed by atoms with E-state index in [-0.39, 0.29) is 17.3 Å². The van der Waals surface area contributed by atoms with E-state index in [1.807, 2.05) is 0 Å². The molecule has 0 amide bonds. The Hall–Kier alpha value is -2.11. The van der Waals surface area contributed by atoms with Crippen LogP contribution >= 0.6 is 0 Å². The second-order valence-corrected chi connectivity index (χ2v) is 5.87. The van der Waals surface area contributed by atoms with Crippen LogP contribution in [0.25, 0.3) is 0 Å². The standard InChI is InChI=1S/C15H20N2O4/c1-9-6-7-11(8-10(9)2)16-13-5-3-4-12(15(18)19)14(13)17(20)21/h3-5,9-11,16H,6-8H2,1-2H3,(H,18,19). The van der Waals surface area contributed by atoms with Crippen LogP contribution in [0, 0.1) is 22.0 Å². The van der Waals surface area contributed by atoms with Crippen LogP contribution in [0.15, 0.2) is 18.2 Å². The molecule has 2 N–H and O–H groups in total. The maximum atomic E-state index is 11.2. The molecule has 3 unspecified atom stereocenters. The summed E-state index contributed by atoms with van der Waals surface area (Å²) in [6.45, 7) is 4.40. The molecule has 6 nitrogen and oxygen atoms in total. The predicted octanol–water partition coefficient (Wildman–Crippen LogP) is 3.53. The number of rotatable bonds is 4. The van der Waals surface area contributed by atoms with Gasteiger partial charge in [0.05, 0.1) is 4.92 Å². The number of nitrogens with zero attached hydrogens (tertiary/aromatic N) is 1. The lowest BCUT2D eigenvalue weighted by molar-refractivity contribution is -0.384. The van der Waals surface area contributed by atoms with Gasteiger partial charge in [-0.1, -0.05) is 19.9 Å². The Kier molecular flexibility index (Phi) is 4.45. The van der Waals surface area contributed by atoms with Crippen molar-refractivity contribution in [3.8, 4) is 0 Å². The van der Waals surface area contributed by atoms with Crippen LogP contribution in [0.3, 0.4) is 0 Å². The minimum Gasteiger partial charge on any atom is -0.477 e. The highest BCUT2D eigenvalue weighted by Gasteiger charge is 2.28. The topological polar surface area (TPSA) is 92.5 Å². The van der Waals surface area contributed by atoms with E-state index in [9.17, 15) is 14.9 Å². The van der Waals surface area contributed by atoms with Crippen molar-refractivity contribution in [2.75, 3.05) is 5.32 Å². The van der Waals surface area contributed by atoms with Crippen LogP contribution in [-0.4, -0.2) is 22.0 Å². The number of carbonyl (C=O) groups is 1. The number of nitrogens with one attached hydrogen (secondary N) is 1. The SMILES string of the molecule is CC1CCC(Nc2cccc(C(=O)O)c2[N+](=O)[O-])CC1C. The molecule has 0 saturated heterocycles. The quantitative estimate of drug-likeness (QED) is 0.654. The minimum atomic E-state index is -1.28. The third kappa shape index (κ3) is 3.32. The number of anilines is 1. The van der Waals surface area contributed by atoms with Crippen molar-refractivity contribution in [2.45, 2.75) is 39.2 Å². The number of hydrogen-bond donors (Lipinski definition) is 2. The Bertz CT molecular complexity index is 559. The Labute approximate surface area is 123 Å². The molecule has 0 heterocycles. The average molecular weight is 292 g/mol. The summed E-state index contributed by atoms with van der Waals surface area (Å²) in [7, 11) is 0. The first kappa shape index (κ1) is 15.3. The first-order chi connectivity index (χ1) is 9.90.